The van der Waals surface area contributed by atoms with Crippen molar-refractivity contribution in [2.45, 2.75) is 81.8 Å². The highest BCUT2D eigenvalue weighted by Crippen LogP contribution is 2.42. The van der Waals surface area contributed by atoms with Gasteiger partial charge in [-0.2, -0.15) is 0 Å². The van der Waals surface area contributed by atoms with E-state index in [0.29, 0.717) is 0 Å². The zero-order chi connectivity index (χ0) is 12.4. The second kappa shape index (κ2) is 9.94. The Kier molecular flexibility index (Phi) is 10.5. The van der Waals surface area contributed by atoms with Crippen LogP contribution in [0.15, 0.2) is 0 Å². The topological polar surface area (TPSA) is 0 Å². The Labute approximate surface area is 119 Å². The van der Waals surface area contributed by atoms with E-state index in [9.17, 15) is 0 Å². The molecule has 0 aromatic rings. The van der Waals surface area contributed by atoms with Crippen LogP contribution in [0.25, 0.3) is 0 Å². The first-order chi connectivity index (χ1) is 7.58. The number of unbranched alkanes of at least 4 members (excludes halogenated alkanes) is 5. The lowest BCUT2D eigenvalue weighted by Gasteiger charge is -2.29. The van der Waals surface area contributed by atoms with E-state index in [-0.39, 0.29) is 3.23 Å². The molecule has 0 aliphatic heterocycles. The van der Waals surface area contributed by atoms with E-state index in [2.05, 4.69) is 52.6 Å². The number of hydrogen-bond donors (Lipinski definition) is 0. The average Bonchev–Trinajstić information content (AvgIpc) is 2.28. The molecule has 0 saturated heterocycles. The standard InChI is InChI=1S/C14H28Br2/c1-4-7-8-9-10-11-12-13(5-2)14(15,16)6-3/h13H,4-12H2,1-3H3. The van der Waals surface area contributed by atoms with Gasteiger partial charge < -0.3 is 0 Å². The fourth-order valence-electron chi connectivity index (χ4n) is 2.17. The van der Waals surface area contributed by atoms with Crippen LogP contribution in [0.3, 0.4) is 0 Å². The van der Waals surface area contributed by atoms with Gasteiger partial charge in [0.1, 0.15) is 0 Å². The van der Waals surface area contributed by atoms with Gasteiger partial charge in [-0.3, -0.25) is 0 Å². The summed E-state index contributed by atoms with van der Waals surface area (Å²) < 4.78 is 0.179. The van der Waals surface area contributed by atoms with E-state index in [4.69, 9.17) is 0 Å². The van der Waals surface area contributed by atoms with Crippen LogP contribution in [0.2, 0.25) is 0 Å². The molecule has 0 aliphatic carbocycles. The van der Waals surface area contributed by atoms with Crippen molar-refractivity contribution in [3.63, 3.8) is 0 Å². The van der Waals surface area contributed by atoms with Crippen molar-refractivity contribution in [1.29, 1.82) is 0 Å². The predicted octanol–water partition coefficient (Wildman–Crippen LogP) is 6.66. The lowest BCUT2D eigenvalue weighted by Crippen LogP contribution is -2.23. The molecule has 0 saturated carbocycles. The zero-order valence-corrected chi connectivity index (χ0v) is 14.4. The average molecular weight is 356 g/mol. The molecule has 0 heterocycles. The van der Waals surface area contributed by atoms with Crippen molar-refractivity contribution in [3.8, 4) is 0 Å². The van der Waals surface area contributed by atoms with Gasteiger partial charge in [-0.15, -0.1) is 0 Å². The zero-order valence-electron chi connectivity index (χ0n) is 11.2. The summed E-state index contributed by atoms with van der Waals surface area (Å²) in [4.78, 5) is 0. The first-order valence-corrected chi connectivity index (χ1v) is 8.54. The third-order valence-corrected chi connectivity index (χ3v) is 5.88. The Bertz CT molecular complexity index is 155. The normalized spacial score (nSPS) is 14.1. The molecule has 1 atom stereocenters. The lowest BCUT2D eigenvalue weighted by molar-refractivity contribution is 0.407. The van der Waals surface area contributed by atoms with Gasteiger partial charge in [0.2, 0.25) is 0 Å². The SMILES string of the molecule is CCCCCCCCC(CC)C(Br)(Br)CC. The van der Waals surface area contributed by atoms with Gasteiger partial charge in [-0.1, -0.05) is 97.6 Å². The first-order valence-electron chi connectivity index (χ1n) is 6.96. The smallest absolute Gasteiger partial charge is 0.0724 e. The molecule has 0 fully saturated rings. The van der Waals surface area contributed by atoms with Crippen LogP contribution in [-0.2, 0) is 0 Å². The molecule has 98 valence electrons. The van der Waals surface area contributed by atoms with Gasteiger partial charge in [0.25, 0.3) is 0 Å². The quantitative estimate of drug-likeness (QED) is 0.303. The van der Waals surface area contributed by atoms with Crippen molar-refractivity contribution < 1.29 is 0 Å². The van der Waals surface area contributed by atoms with Gasteiger partial charge in [-0.25, -0.2) is 0 Å². The molecule has 0 nitrogen and oxygen atoms in total. The Balaban J connectivity index is 3.64. The number of hydrogen-bond acceptors (Lipinski definition) is 0. The van der Waals surface area contributed by atoms with Gasteiger partial charge in [0.15, 0.2) is 0 Å². The molecule has 0 N–H and O–H groups in total. The van der Waals surface area contributed by atoms with E-state index < -0.39 is 0 Å². The van der Waals surface area contributed by atoms with Crippen LogP contribution >= 0.6 is 31.9 Å². The molecule has 0 amide bonds. The summed E-state index contributed by atoms with van der Waals surface area (Å²) in [5.74, 6) is 0.767. The summed E-state index contributed by atoms with van der Waals surface area (Å²) in [6.07, 6.45) is 12.2. The summed E-state index contributed by atoms with van der Waals surface area (Å²) in [5, 5.41) is 0. The van der Waals surface area contributed by atoms with E-state index in [1.807, 2.05) is 0 Å². The van der Waals surface area contributed by atoms with E-state index in [1.54, 1.807) is 0 Å². The first kappa shape index (κ1) is 17.0. The van der Waals surface area contributed by atoms with E-state index >= 15 is 0 Å². The Morgan fingerprint density at radius 3 is 1.94 bits per heavy atom. The highest BCUT2D eigenvalue weighted by Gasteiger charge is 2.29. The highest BCUT2D eigenvalue weighted by atomic mass is 79.9. The Morgan fingerprint density at radius 1 is 0.875 bits per heavy atom. The molecule has 0 spiro atoms. The van der Waals surface area contributed by atoms with Gasteiger partial charge in [0, 0.05) is 0 Å². The number of halogens is 2. The largest absolute Gasteiger partial charge is 0.0830 e. The van der Waals surface area contributed by atoms with Crippen LogP contribution in [0.5, 0.6) is 0 Å². The Morgan fingerprint density at radius 2 is 1.44 bits per heavy atom. The van der Waals surface area contributed by atoms with Crippen LogP contribution < -0.4 is 0 Å². The summed E-state index contributed by atoms with van der Waals surface area (Å²) >= 11 is 7.64. The molecule has 0 rings (SSSR count). The van der Waals surface area contributed by atoms with E-state index in [1.165, 1.54) is 51.4 Å². The summed E-state index contributed by atoms with van der Waals surface area (Å²) in [7, 11) is 0. The van der Waals surface area contributed by atoms with Crippen LogP contribution in [0, 0.1) is 5.92 Å². The lowest BCUT2D eigenvalue weighted by atomic mass is 9.93. The number of rotatable bonds is 10. The molecule has 2 heteroatoms. The maximum Gasteiger partial charge on any atom is 0.0830 e. The second-order valence-electron chi connectivity index (χ2n) is 4.78. The maximum atomic E-state index is 3.82. The van der Waals surface area contributed by atoms with Crippen LogP contribution in [-0.4, -0.2) is 3.23 Å². The molecule has 0 radical (unpaired) electrons. The van der Waals surface area contributed by atoms with E-state index in [0.717, 1.165) is 12.3 Å². The fourth-order valence-corrected chi connectivity index (χ4v) is 3.28. The molecular formula is C14H28Br2. The summed E-state index contributed by atoms with van der Waals surface area (Å²) in [6.45, 7) is 6.82. The van der Waals surface area contributed by atoms with Crippen molar-refractivity contribution in [2.75, 3.05) is 0 Å². The minimum Gasteiger partial charge on any atom is -0.0724 e. The monoisotopic (exact) mass is 354 g/mol. The molecule has 0 bridgehead atoms. The molecule has 0 aromatic heterocycles. The molecule has 0 aliphatic rings. The third kappa shape index (κ3) is 7.32. The van der Waals surface area contributed by atoms with Crippen LogP contribution in [0.1, 0.15) is 78.6 Å². The molecule has 0 aromatic carbocycles. The van der Waals surface area contributed by atoms with Crippen molar-refractivity contribution in [3.05, 3.63) is 0 Å². The minimum atomic E-state index is 0.179. The van der Waals surface area contributed by atoms with Crippen molar-refractivity contribution in [1.82, 2.24) is 0 Å². The number of alkyl halides is 2. The van der Waals surface area contributed by atoms with Gasteiger partial charge >= 0.3 is 0 Å². The maximum absolute atomic E-state index is 3.82. The fraction of sp³-hybridized carbons (Fsp3) is 1.00. The van der Waals surface area contributed by atoms with Crippen molar-refractivity contribution in [2.24, 2.45) is 5.92 Å². The predicted molar refractivity (Wildman–Crippen MR) is 82.7 cm³/mol. The van der Waals surface area contributed by atoms with Gasteiger partial charge in [0.05, 0.1) is 3.23 Å². The second-order valence-corrected chi connectivity index (χ2v) is 8.67. The third-order valence-electron chi connectivity index (χ3n) is 3.47. The van der Waals surface area contributed by atoms with Crippen LogP contribution in [0.4, 0.5) is 0 Å². The Hall–Kier alpha value is 0.960. The minimum absolute atomic E-state index is 0.179. The highest BCUT2D eigenvalue weighted by molar-refractivity contribution is 9.25. The van der Waals surface area contributed by atoms with Gasteiger partial charge in [-0.05, 0) is 18.8 Å². The van der Waals surface area contributed by atoms with Crippen molar-refractivity contribution >= 4 is 31.9 Å². The molecular weight excluding hydrogens is 328 g/mol. The summed E-state index contributed by atoms with van der Waals surface area (Å²) in [6, 6.07) is 0. The summed E-state index contributed by atoms with van der Waals surface area (Å²) in [5.41, 5.74) is 0. The molecule has 16 heavy (non-hydrogen) atoms. The molecule has 1 unspecified atom stereocenters.